The Bertz CT molecular complexity index is 1590. The topological polar surface area (TPSA) is 171 Å². The van der Waals surface area contributed by atoms with Crippen LogP contribution in [-0.4, -0.2) is 51.3 Å². The Morgan fingerprint density at radius 1 is 1.16 bits per heavy atom. The maximum Gasteiger partial charge on any atom is 0.354 e. The fourth-order valence-electron chi connectivity index (χ4n) is 5.08. The van der Waals surface area contributed by atoms with Gasteiger partial charge in [-0.2, -0.15) is 4.98 Å². The number of hydrogen-bond acceptors (Lipinski definition) is 6. The number of nitrogens with one attached hydrogen (secondary N) is 4. The van der Waals surface area contributed by atoms with Gasteiger partial charge in [-0.1, -0.05) is 23.7 Å². The molecular formula is C31H40ClFN8O2. The highest BCUT2D eigenvalue weighted by Gasteiger charge is 2.16. The van der Waals surface area contributed by atoms with Gasteiger partial charge >= 0.3 is 5.69 Å². The average Bonchev–Trinajstić information content (AvgIpc) is 3.38. The first-order chi connectivity index (χ1) is 20.7. The number of benzene rings is 2. The number of aryl methyl sites for hydroxylation is 1. The number of H-pyrrole nitrogens is 1. The number of aliphatic hydroxyl groups is 1. The number of aromatic nitrogens is 3. The lowest BCUT2D eigenvalue weighted by Crippen LogP contribution is -2.33. The summed E-state index contributed by atoms with van der Waals surface area (Å²) in [6, 6.07) is 12.9. The van der Waals surface area contributed by atoms with Crippen molar-refractivity contribution in [1.29, 1.82) is 5.41 Å². The van der Waals surface area contributed by atoms with Crippen molar-refractivity contribution in [2.45, 2.75) is 57.5 Å². The molecule has 4 aromatic rings. The van der Waals surface area contributed by atoms with E-state index >= 15 is 4.39 Å². The number of nitrogens with two attached hydrogens (primary N) is 2. The van der Waals surface area contributed by atoms with Crippen LogP contribution >= 0.6 is 11.6 Å². The van der Waals surface area contributed by atoms with Gasteiger partial charge in [0.2, 0.25) is 0 Å². The maximum absolute atomic E-state index is 15.1. The largest absolute Gasteiger partial charge is 0.396 e. The zero-order valence-corrected chi connectivity index (χ0v) is 25.1. The van der Waals surface area contributed by atoms with Gasteiger partial charge in [0.25, 0.3) is 0 Å². The Hall–Kier alpha value is -3.77. The third kappa shape index (κ3) is 8.64. The average molecular weight is 611 g/mol. The van der Waals surface area contributed by atoms with Gasteiger partial charge in [0.15, 0.2) is 11.8 Å². The minimum atomic E-state index is -0.533. The second-order valence-corrected chi connectivity index (χ2v) is 11.3. The monoisotopic (exact) mass is 610 g/mol. The van der Waals surface area contributed by atoms with Gasteiger partial charge in [0.05, 0.1) is 16.4 Å². The molecule has 0 bridgehead atoms. The Balaban J connectivity index is 1.55. The molecule has 0 fully saturated rings. The van der Waals surface area contributed by atoms with Gasteiger partial charge in [-0.25, -0.2) is 9.18 Å². The second kappa shape index (κ2) is 15.1. The fourth-order valence-corrected chi connectivity index (χ4v) is 5.32. The summed E-state index contributed by atoms with van der Waals surface area (Å²) in [4.78, 5) is 20.3. The van der Waals surface area contributed by atoms with E-state index in [1.54, 1.807) is 24.4 Å². The summed E-state index contributed by atoms with van der Waals surface area (Å²) in [6.45, 7) is 3.34. The number of aliphatic hydroxyl groups excluding tert-OH is 1. The van der Waals surface area contributed by atoms with Gasteiger partial charge in [-0.05, 0) is 93.5 Å². The molecule has 43 heavy (non-hydrogen) atoms. The summed E-state index contributed by atoms with van der Waals surface area (Å²) in [7, 11) is 0. The molecule has 12 heteroatoms. The second-order valence-electron chi connectivity index (χ2n) is 10.8. The van der Waals surface area contributed by atoms with Gasteiger partial charge in [-0.3, -0.25) is 9.98 Å². The highest BCUT2D eigenvalue weighted by atomic mass is 35.5. The number of rotatable bonds is 15. The van der Waals surface area contributed by atoms with Gasteiger partial charge in [-0.15, -0.1) is 0 Å². The molecular weight excluding hydrogens is 571 g/mol. The van der Waals surface area contributed by atoms with Gasteiger partial charge in [0.1, 0.15) is 5.65 Å². The quantitative estimate of drug-likeness (QED) is 0.0603. The van der Waals surface area contributed by atoms with Crippen molar-refractivity contribution < 1.29 is 9.50 Å². The Kier molecular flexibility index (Phi) is 11.3. The number of fused-ring (bicyclic) bond motifs is 1. The van der Waals surface area contributed by atoms with E-state index in [0.29, 0.717) is 47.5 Å². The third-order valence-corrected chi connectivity index (χ3v) is 7.57. The number of hydrogen-bond donors (Lipinski definition) is 7. The van der Waals surface area contributed by atoms with Crippen LogP contribution in [0.4, 0.5) is 4.39 Å². The molecule has 0 aliphatic carbocycles. The summed E-state index contributed by atoms with van der Waals surface area (Å²) < 4.78 is 16.6. The van der Waals surface area contributed by atoms with Crippen LogP contribution in [-0.2, 0) is 6.42 Å². The van der Waals surface area contributed by atoms with Crippen LogP contribution in [0.25, 0.3) is 28.0 Å². The Labute approximate surface area is 255 Å². The van der Waals surface area contributed by atoms with E-state index in [4.69, 9.17) is 28.5 Å². The number of nitrogens with zero attached hydrogens (tertiary/aromatic N) is 2. The van der Waals surface area contributed by atoms with Crippen molar-refractivity contribution in [3.63, 3.8) is 0 Å². The van der Waals surface area contributed by atoms with Crippen LogP contribution in [0.1, 0.15) is 56.2 Å². The predicted octanol–water partition coefficient (Wildman–Crippen LogP) is 4.12. The third-order valence-electron chi connectivity index (χ3n) is 7.30. The minimum Gasteiger partial charge on any atom is -0.396 e. The summed E-state index contributed by atoms with van der Waals surface area (Å²) in [5, 5.41) is 23.6. The molecule has 230 valence electrons. The maximum atomic E-state index is 15.1. The van der Waals surface area contributed by atoms with E-state index in [9.17, 15) is 9.90 Å². The first kappa shape index (κ1) is 32.2. The van der Waals surface area contributed by atoms with Crippen molar-refractivity contribution in [2.75, 3.05) is 19.7 Å². The molecule has 2 aromatic carbocycles. The van der Waals surface area contributed by atoms with E-state index in [0.717, 1.165) is 43.2 Å². The van der Waals surface area contributed by atoms with Crippen LogP contribution in [0, 0.1) is 11.2 Å². The first-order valence-corrected chi connectivity index (χ1v) is 14.9. The molecule has 0 radical (unpaired) electrons. The first-order valence-electron chi connectivity index (χ1n) is 14.5. The zero-order valence-electron chi connectivity index (χ0n) is 24.3. The lowest BCUT2D eigenvalue weighted by molar-refractivity contribution is 0.275. The summed E-state index contributed by atoms with van der Waals surface area (Å²) >= 11 is 6.24. The molecule has 0 amide bonds. The molecule has 2 atom stereocenters. The number of guanidine groups is 1. The Morgan fingerprint density at radius 3 is 2.63 bits per heavy atom. The van der Waals surface area contributed by atoms with E-state index in [-0.39, 0.29) is 29.7 Å². The molecule has 10 nitrogen and oxygen atoms in total. The lowest BCUT2D eigenvalue weighted by Gasteiger charge is -2.19. The summed E-state index contributed by atoms with van der Waals surface area (Å²) in [5.74, 6) is -0.588. The van der Waals surface area contributed by atoms with Crippen LogP contribution in [0.3, 0.4) is 0 Å². The highest BCUT2D eigenvalue weighted by molar-refractivity contribution is 6.31. The molecule has 0 saturated carbocycles. The molecule has 0 unspecified atom stereocenters. The molecule has 0 spiro atoms. The SMILES string of the molecule is C[C@H](N)CCCc1cc(Cl)c(F)c(-c2cc3cn(-c4ccc([C@H](CCCO)NCCCNC(=N)N)cc4)c(=O)nc3[nH]2)c1. The Morgan fingerprint density at radius 2 is 1.93 bits per heavy atom. The van der Waals surface area contributed by atoms with Gasteiger partial charge in [0, 0.05) is 42.4 Å². The molecule has 9 N–H and O–H groups in total. The molecule has 4 rings (SSSR count). The van der Waals surface area contributed by atoms with Crippen molar-refractivity contribution >= 4 is 28.6 Å². The number of halogens is 2. The van der Waals surface area contributed by atoms with E-state index in [1.165, 1.54) is 4.57 Å². The zero-order chi connectivity index (χ0) is 30.9. The summed E-state index contributed by atoms with van der Waals surface area (Å²) in [6.07, 6.45) is 6.29. The molecule has 2 heterocycles. The van der Waals surface area contributed by atoms with E-state index in [1.807, 2.05) is 31.2 Å². The summed E-state index contributed by atoms with van der Waals surface area (Å²) in [5.41, 5.74) is 14.5. The van der Waals surface area contributed by atoms with Crippen LogP contribution in [0.15, 0.2) is 53.5 Å². The van der Waals surface area contributed by atoms with Crippen LogP contribution < -0.4 is 27.8 Å². The standard InChI is InChI=1S/C31H40ClFN8O2/c1-19(34)5-2-6-20-15-24(28(33)25(32)16-20)27-17-22-18-41(31(43)40-29(22)39-27)23-10-8-21(9-11-23)26(7-3-14-42)37-12-4-13-38-30(35)36/h8-11,15-19,26,37,42H,2-7,12-14,34H2,1H3,(H4,35,36,38)(H,39,40,43)/t19-,26-/m0/s1. The van der Waals surface area contributed by atoms with Gasteiger partial charge < -0.3 is 32.2 Å². The molecule has 0 saturated heterocycles. The predicted molar refractivity (Wildman–Crippen MR) is 170 cm³/mol. The van der Waals surface area contributed by atoms with Crippen molar-refractivity contribution in [2.24, 2.45) is 11.5 Å². The van der Waals surface area contributed by atoms with E-state index < -0.39 is 11.5 Å². The van der Waals surface area contributed by atoms with E-state index in [2.05, 4.69) is 20.6 Å². The fraction of sp³-hybridized carbons (Fsp3) is 0.387. The van der Waals surface area contributed by atoms with Crippen molar-refractivity contribution in [3.05, 3.63) is 81.1 Å². The van der Waals surface area contributed by atoms with Crippen LogP contribution in [0.2, 0.25) is 5.02 Å². The smallest absolute Gasteiger partial charge is 0.354 e. The molecule has 2 aromatic heterocycles. The van der Waals surface area contributed by atoms with Crippen molar-refractivity contribution in [3.8, 4) is 16.9 Å². The molecule has 0 aliphatic rings. The lowest BCUT2D eigenvalue weighted by atomic mass is 10.0. The van der Waals surface area contributed by atoms with Crippen LogP contribution in [0.5, 0.6) is 0 Å². The molecule has 0 aliphatic heterocycles. The van der Waals surface area contributed by atoms with Crippen molar-refractivity contribution in [1.82, 2.24) is 25.2 Å². The minimum absolute atomic E-state index is 0.0132. The normalized spacial score (nSPS) is 12.9. The highest BCUT2D eigenvalue weighted by Crippen LogP contribution is 2.31. The number of aromatic amines is 1.